The van der Waals surface area contributed by atoms with E-state index in [-0.39, 0.29) is 6.03 Å². The Morgan fingerprint density at radius 3 is 2.94 bits per heavy atom. The average Bonchev–Trinajstić information content (AvgIpc) is 2.36. The molecule has 0 bridgehead atoms. The minimum Gasteiger partial charge on any atom is -0.383 e. The Morgan fingerprint density at radius 1 is 1.59 bits per heavy atom. The van der Waals surface area contributed by atoms with E-state index in [1.165, 1.54) is 4.31 Å². The van der Waals surface area contributed by atoms with Crippen molar-refractivity contribution in [2.45, 2.75) is 6.54 Å². The maximum Gasteiger partial charge on any atom is 0.329 e. The van der Waals surface area contributed by atoms with Crippen molar-refractivity contribution in [2.24, 2.45) is 0 Å². The van der Waals surface area contributed by atoms with Gasteiger partial charge in [0.25, 0.3) is 0 Å². The summed E-state index contributed by atoms with van der Waals surface area (Å²) in [5, 5.41) is 0. The first-order valence-electron chi connectivity index (χ1n) is 5.24. The highest BCUT2D eigenvalue weighted by Crippen LogP contribution is 2.05. The molecule has 0 N–H and O–H groups in total. The lowest BCUT2D eigenvalue weighted by Crippen LogP contribution is -2.37. The third-order valence-electron chi connectivity index (χ3n) is 2.20. The van der Waals surface area contributed by atoms with E-state index in [1.54, 1.807) is 31.5 Å². The Hall–Kier alpha value is -1.27. The first-order chi connectivity index (χ1) is 8.15. The molecule has 94 valence electrons. The summed E-state index contributed by atoms with van der Waals surface area (Å²) >= 11 is 4.11. The van der Waals surface area contributed by atoms with Gasteiger partial charge in [-0.15, -0.1) is 0 Å². The van der Waals surface area contributed by atoms with Crippen molar-refractivity contribution in [3.8, 4) is 0 Å². The number of aromatic nitrogens is 1. The fraction of sp³-hybridized carbons (Fsp3) is 0.455. The summed E-state index contributed by atoms with van der Waals surface area (Å²) in [4.78, 5) is 17.4. The summed E-state index contributed by atoms with van der Waals surface area (Å²) < 4.78 is 6.22. The maximum atomic E-state index is 11.9. The second kappa shape index (κ2) is 7.13. The van der Waals surface area contributed by atoms with Gasteiger partial charge in [-0.1, -0.05) is 18.9 Å². The van der Waals surface area contributed by atoms with Crippen molar-refractivity contribution < 1.29 is 9.53 Å². The summed E-state index contributed by atoms with van der Waals surface area (Å²) in [6.07, 6.45) is 3.44. The highest BCUT2D eigenvalue weighted by Gasteiger charge is 2.14. The van der Waals surface area contributed by atoms with Gasteiger partial charge in [-0.05, 0) is 11.6 Å². The van der Waals surface area contributed by atoms with Crippen LogP contribution in [0.1, 0.15) is 5.56 Å². The van der Waals surface area contributed by atoms with E-state index in [0.29, 0.717) is 19.7 Å². The molecule has 1 rings (SSSR count). The molecule has 17 heavy (non-hydrogen) atoms. The number of carbonyl (C=O) groups is 1. The maximum absolute atomic E-state index is 11.9. The van der Waals surface area contributed by atoms with Crippen LogP contribution in [0, 0.1) is 0 Å². The number of ether oxygens (including phenoxy) is 1. The lowest BCUT2D eigenvalue weighted by Gasteiger charge is -2.23. The second-order valence-electron chi connectivity index (χ2n) is 3.62. The van der Waals surface area contributed by atoms with E-state index in [4.69, 9.17) is 4.74 Å². The molecular weight excluding hydrogens is 238 g/mol. The lowest BCUT2D eigenvalue weighted by molar-refractivity contribution is 0.162. The molecule has 1 aromatic heterocycles. The minimum absolute atomic E-state index is 0.158. The zero-order valence-electron chi connectivity index (χ0n) is 10.0. The van der Waals surface area contributed by atoms with Crippen LogP contribution in [0.25, 0.3) is 0 Å². The van der Waals surface area contributed by atoms with Crippen molar-refractivity contribution in [1.29, 1.82) is 0 Å². The zero-order valence-corrected chi connectivity index (χ0v) is 10.9. The third-order valence-corrected chi connectivity index (χ3v) is 2.57. The lowest BCUT2D eigenvalue weighted by atomic mass is 10.3. The molecule has 1 heterocycles. The number of pyridine rings is 1. The Bertz CT molecular complexity index is 348. The normalized spacial score (nSPS) is 10.1. The van der Waals surface area contributed by atoms with Crippen LogP contribution in [0.15, 0.2) is 24.5 Å². The number of hydrogen-bond donors (Lipinski definition) is 1. The quantitative estimate of drug-likeness (QED) is 0.810. The van der Waals surface area contributed by atoms with Crippen LogP contribution in [0.3, 0.4) is 0 Å². The molecule has 0 aliphatic carbocycles. The molecule has 0 radical (unpaired) electrons. The molecule has 0 aliphatic heterocycles. The number of nitrogens with zero attached hydrogens (tertiary/aromatic N) is 3. The summed E-state index contributed by atoms with van der Waals surface area (Å²) in [6, 6.07) is 3.61. The molecule has 0 aliphatic rings. The Morgan fingerprint density at radius 2 is 2.35 bits per heavy atom. The van der Waals surface area contributed by atoms with Crippen LogP contribution in [0.2, 0.25) is 0 Å². The van der Waals surface area contributed by atoms with Gasteiger partial charge in [0, 0.05) is 33.1 Å². The van der Waals surface area contributed by atoms with E-state index in [9.17, 15) is 4.79 Å². The predicted molar refractivity (Wildman–Crippen MR) is 68.7 cm³/mol. The first kappa shape index (κ1) is 13.8. The monoisotopic (exact) mass is 255 g/mol. The van der Waals surface area contributed by atoms with Crippen LogP contribution < -0.4 is 0 Å². The fourth-order valence-electron chi connectivity index (χ4n) is 1.30. The van der Waals surface area contributed by atoms with Gasteiger partial charge in [0.2, 0.25) is 0 Å². The van der Waals surface area contributed by atoms with Gasteiger partial charge in [0.15, 0.2) is 0 Å². The highest BCUT2D eigenvalue weighted by atomic mass is 32.1. The summed E-state index contributed by atoms with van der Waals surface area (Å²) in [5.74, 6) is 0. The number of urea groups is 1. The average molecular weight is 255 g/mol. The molecular formula is C11H17N3O2S. The van der Waals surface area contributed by atoms with Crippen LogP contribution in [0.4, 0.5) is 4.79 Å². The number of rotatable bonds is 5. The molecule has 0 saturated carbocycles. The van der Waals surface area contributed by atoms with Crippen molar-refractivity contribution in [3.05, 3.63) is 30.1 Å². The zero-order chi connectivity index (χ0) is 12.7. The van der Waals surface area contributed by atoms with Crippen LogP contribution in [-0.4, -0.2) is 47.5 Å². The van der Waals surface area contributed by atoms with E-state index < -0.39 is 0 Å². The van der Waals surface area contributed by atoms with Gasteiger partial charge < -0.3 is 9.64 Å². The van der Waals surface area contributed by atoms with E-state index in [1.807, 2.05) is 12.1 Å². The smallest absolute Gasteiger partial charge is 0.329 e. The van der Waals surface area contributed by atoms with Gasteiger partial charge >= 0.3 is 6.03 Å². The van der Waals surface area contributed by atoms with Gasteiger partial charge in [0.05, 0.1) is 13.2 Å². The van der Waals surface area contributed by atoms with Crippen molar-refractivity contribution >= 4 is 18.8 Å². The van der Waals surface area contributed by atoms with Gasteiger partial charge in [0.1, 0.15) is 0 Å². The van der Waals surface area contributed by atoms with Crippen molar-refractivity contribution in [1.82, 2.24) is 14.2 Å². The third kappa shape index (κ3) is 4.62. The number of amides is 2. The molecule has 0 spiro atoms. The Labute approximate surface area is 107 Å². The fourth-order valence-corrected chi connectivity index (χ4v) is 1.54. The Balaban J connectivity index is 2.47. The summed E-state index contributed by atoms with van der Waals surface area (Å²) in [7, 11) is 3.32. The number of thiol groups is 1. The first-order valence-corrected chi connectivity index (χ1v) is 5.64. The van der Waals surface area contributed by atoms with Crippen LogP contribution >= 0.6 is 12.8 Å². The highest BCUT2D eigenvalue weighted by molar-refractivity contribution is 7.78. The molecule has 0 saturated heterocycles. The molecule has 0 atom stereocenters. The van der Waals surface area contributed by atoms with Gasteiger partial charge in [-0.3, -0.25) is 9.29 Å². The molecule has 0 fully saturated rings. The predicted octanol–water partition coefficient (Wildman–Crippen LogP) is 1.43. The minimum atomic E-state index is -0.158. The number of methoxy groups -OCH3 is 1. The Kier molecular flexibility index (Phi) is 5.79. The molecule has 6 heteroatoms. The van der Waals surface area contributed by atoms with E-state index in [2.05, 4.69) is 17.8 Å². The largest absolute Gasteiger partial charge is 0.383 e. The molecule has 5 nitrogen and oxygen atoms in total. The van der Waals surface area contributed by atoms with E-state index in [0.717, 1.165) is 5.56 Å². The topological polar surface area (TPSA) is 45.7 Å². The van der Waals surface area contributed by atoms with Crippen molar-refractivity contribution in [3.63, 3.8) is 0 Å². The van der Waals surface area contributed by atoms with E-state index >= 15 is 0 Å². The summed E-state index contributed by atoms with van der Waals surface area (Å²) in [6.45, 7) is 1.43. The van der Waals surface area contributed by atoms with Gasteiger partial charge in [-0.2, -0.15) is 0 Å². The molecule has 0 unspecified atom stereocenters. The van der Waals surface area contributed by atoms with Crippen LogP contribution in [-0.2, 0) is 11.3 Å². The molecule has 2 amide bonds. The second-order valence-corrected chi connectivity index (χ2v) is 4.10. The summed E-state index contributed by atoms with van der Waals surface area (Å²) in [5.41, 5.74) is 0.983. The number of hydrogen-bond acceptors (Lipinski definition) is 4. The number of carbonyl (C=O) groups excluding carboxylic acids is 1. The van der Waals surface area contributed by atoms with Crippen molar-refractivity contribution in [2.75, 3.05) is 27.3 Å². The standard InChI is InChI=1S/C11H17N3O2S/c1-13(9-10-4-3-5-12-8-10)11(15)14(17)6-7-16-2/h3-5,8,17H,6-7,9H2,1-2H3. The molecule has 1 aromatic rings. The van der Waals surface area contributed by atoms with Crippen LogP contribution in [0.5, 0.6) is 0 Å². The SMILES string of the molecule is COCCN(S)C(=O)N(C)Cc1cccnc1. The van der Waals surface area contributed by atoms with Gasteiger partial charge in [-0.25, -0.2) is 4.79 Å². The molecule has 0 aromatic carbocycles.